The molecule has 2 amide bonds. The van der Waals surface area contributed by atoms with Crippen LogP contribution in [-0.2, 0) is 16.1 Å². The van der Waals surface area contributed by atoms with E-state index in [1.54, 1.807) is 7.11 Å². The summed E-state index contributed by atoms with van der Waals surface area (Å²) in [6.45, 7) is 6.96. The van der Waals surface area contributed by atoms with Crippen molar-refractivity contribution in [1.82, 2.24) is 15.5 Å². The molecule has 0 spiro atoms. The highest BCUT2D eigenvalue weighted by atomic mass is 16.5. The van der Waals surface area contributed by atoms with Crippen LogP contribution in [0.5, 0.6) is 5.75 Å². The molecule has 6 rings (SSSR count). The number of hydrogen-bond acceptors (Lipinski definition) is 5. The molecule has 3 aromatic carbocycles. The molecule has 7 heteroatoms. The Kier molecular flexibility index (Phi) is 9.60. The molecule has 5 unspecified atom stereocenters. The van der Waals surface area contributed by atoms with Crippen molar-refractivity contribution in [3.05, 3.63) is 101 Å². The van der Waals surface area contributed by atoms with Gasteiger partial charge in [-0.2, -0.15) is 0 Å². The zero-order valence-electron chi connectivity index (χ0n) is 25.0. The fourth-order valence-electron chi connectivity index (χ4n) is 7.02. The van der Waals surface area contributed by atoms with Gasteiger partial charge in [0.05, 0.1) is 13.0 Å². The summed E-state index contributed by atoms with van der Waals surface area (Å²) in [5, 5.41) is 6.96. The standard InChI is InChI=1S/C35H44N4O3/c1-23(2)26-14-15-30(42-3)27(20-26)21-38-33-28-17-19-39(22-29(28)35(41)37-18-16-31(36)40)34(33)32(24-10-6-4-7-11-24)25-12-8-5-9-13-25/h4-15,20,23,28-29,32-34,38H,16-19,21-22H2,1-3H3,(H2,36,40)(H,37,41). The number of carbonyl (C=O) groups excluding carboxylic acids is 2. The van der Waals surface area contributed by atoms with E-state index in [4.69, 9.17) is 10.5 Å². The first-order valence-electron chi connectivity index (χ1n) is 15.2. The molecule has 3 fully saturated rings. The van der Waals surface area contributed by atoms with Gasteiger partial charge in [0.15, 0.2) is 0 Å². The molecule has 3 aliphatic heterocycles. The normalized spacial score (nSPS) is 23.2. The summed E-state index contributed by atoms with van der Waals surface area (Å²) in [4.78, 5) is 27.3. The van der Waals surface area contributed by atoms with Crippen molar-refractivity contribution < 1.29 is 14.3 Å². The van der Waals surface area contributed by atoms with Crippen molar-refractivity contribution in [3.63, 3.8) is 0 Å². The van der Waals surface area contributed by atoms with E-state index in [2.05, 4.69) is 108 Å². The average Bonchev–Trinajstić information content (AvgIpc) is 3.01. The molecule has 3 aliphatic rings. The van der Waals surface area contributed by atoms with E-state index in [1.165, 1.54) is 16.7 Å². The van der Waals surface area contributed by atoms with Crippen LogP contribution in [0.25, 0.3) is 0 Å². The Bertz CT molecular complexity index is 1310. The summed E-state index contributed by atoms with van der Waals surface area (Å²) in [5.74, 6) is 0.984. The second kappa shape index (κ2) is 13.5. The Morgan fingerprint density at radius 2 is 1.64 bits per heavy atom. The monoisotopic (exact) mass is 568 g/mol. The van der Waals surface area contributed by atoms with Crippen LogP contribution in [-0.4, -0.2) is 55.5 Å². The van der Waals surface area contributed by atoms with E-state index in [0.717, 1.165) is 24.3 Å². The number of nitrogens with two attached hydrogens (primary N) is 1. The minimum Gasteiger partial charge on any atom is -0.496 e. The highest BCUT2D eigenvalue weighted by molar-refractivity contribution is 5.81. The highest BCUT2D eigenvalue weighted by Crippen LogP contribution is 2.44. The minimum atomic E-state index is -0.407. The molecule has 3 saturated heterocycles. The Balaban J connectivity index is 1.51. The number of amides is 2. The van der Waals surface area contributed by atoms with Crippen molar-refractivity contribution in [3.8, 4) is 5.75 Å². The smallest absolute Gasteiger partial charge is 0.224 e. The van der Waals surface area contributed by atoms with Crippen LogP contribution in [0.1, 0.15) is 60.8 Å². The molecule has 222 valence electrons. The number of nitrogens with zero attached hydrogens (tertiary/aromatic N) is 1. The first-order chi connectivity index (χ1) is 20.4. The van der Waals surface area contributed by atoms with Gasteiger partial charge < -0.3 is 21.1 Å². The second-order valence-electron chi connectivity index (χ2n) is 12.0. The van der Waals surface area contributed by atoms with E-state index in [0.29, 0.717) is 19.0 Å². The Labute approximate surface area is 249 Å². The Hall–Kier alpha value is -3.68. The van der Waals surface area contributed by atoms with Crippen LogP contribution >= 0.6 is 0 Å². The molecular formula is C35H44N4O3. The van der Waals surface area contributed by atoms with Crippen LogP contribution in [0.4, 0.5) is 0 Å². The molecule has 0 aliphatic carbocycles. The number of carbonyl (C=O) groups is 2. The van der Waals surface area contributed by atoms with Gasteiger partial charge in [0, 0.05) is 49.6 Å². The van der Waals surface area contributed by atoms with Crippen molar-refractivity contribution in [1.29, 1.82) is 0 Å². The number of benzene rings is 3. The summed E-state index contributed by atoms with van der Waals surface area (Å²) in [6, 6.07) is 28.1. The third-order valence-electron chi connectivity index (χ3n) is 9.11. The van der Waals surface area contributed by atoms with Gasteiger partial charge in [0.25, 0.3) is 0 Å². The fraction of sp³-hybridized carbons (Fsp3) is 0.429. The van der Waals surface area contributed by atoms with E-state index in [1.807, 2.05) is 0 Å². The lowest BCUT2D eigenvalue weighted by Gasteiger charge is -2.56. The van der Waals surface area contributed by atoms with Crippen molar-refractivity contribution >= 4 is 11.8 Å². The van der Waals surface area contributed by atoms with Gasteiger partial charge in [-0.25, -0.2) is 0 Å². The quantitative estimate of drug-likeness (QED) is 0.301. The van der Waals surface area contributed by atoms with Crippen LogP contribution in [0.15, 0.2) is 78.9 Å². The first kappa shape index (κ1) is 29.8. The van der Waals surface area contributed by atoms with Gasteiger partial charge in [-0.3, -0.25) is 14.5 Å². The van der Waals surface area contributed by atoms with Crippen LogP contribution in [0.2, 0.25) is 0 Å². The van der Waals surface area contributed by atoms with Gasteiger partial charge >= 0.3 is 0 Å². The third kappa shape index (κ3) is 6.53. The maximum Gasteiger partial charge on any atom is 0.224 e. The number of nitrogens with one attached hydrogen (secondary N) is 2. The summed E-state index contributed by atoms with van der Waals surface area (Å²) >= 11 is 0. The lowest BCUT2D eigenvalue weighted by Crippen LogP contribution is -2.69. The number of hydrogen-bond donors (Lipinski definition) is 3. The molecule has 0 aromatic heterocycles. The molecule has 5 atom stereocenters. The van der Waals surface area contributed by atoms with Gasteiger partial charge in [0.1, 0.15) is 5.75 Å². The van der Waals surface area contributed by atoms with Gasteiger partial charge in [-0.15, -0.1) is 0 Å². The second-order valence-corrected chi connectivity index (χ2v) is 12.0. The number of primary amides is 1. The van der Waals surface area contributed by atoms with Gasteiger partial charge in [0.2, 0.25) is 11.8 Å². The van der Waals surface area contributed by atoms with Gasteiger partial charge in [-0.1, -0.05) is 86.6 Å². The van der Waals surface area contributed by atoms with Crippen LogP contribution in [0.3, 0.4) is 0 Å². The molecule has 0 radical (unpaired) electrons. The molecule has 42 heavy (non-hydrogen) atoms. The molecule has 3 heterocycles. The largest absolute Gasteiger partial charge is 0.496 e. The third-order valence-corrected chi connectivity index (χ3v) is 9.11. The topological polar surface area (TPSA) is 96.7 Å². The Morgan fingerprint density at radius 3 is 2.24 bits per heavy atom. The van der Waals surface area contributed by atoms with E-state index >= 15 is 0 Å². The summed E-state index contributed by atoms with van der Waals surface area (Å²) in [5.41, 5.74) is 10.3. The predicted octanol–water partition coefficient (Wildman–Crippen LogP) is 4.42. The zero-order valence-corrected chi connectivity index (χ0v) is 25.0. The van der Waals surface area contributed by atoms with Crippen molar-refractivity contribution in [2.45, 2.75) is 57.2 Å². The molecule has 4 N–H and O–H groups in total. The summed E-state index contributed by atoms with van der Waals surface area (Å²) < 4.78 is 5.77. The number of methoxy groups -OCH3 is 1. The number of piperidine rings is 3. The van der Waals surface area contributed by atoms with Crippen molar-refractivity contribution in [2.75, 3.05) is 26.7 Å². The molecule has 2 bridgehead atoms. The number of ether oxygens (including phenoxy) is 1. The molecular weight excluding hydrogens is 524 g/mol. The predicted molar refractivity (Wildman–Crippen MR) is 166 cm³/mol. The maximum atomic E-state index is 13.5. The maximum absolute atomic E-state index is 13.5. The minimum absolute atomic E-state index is 0.00607. The van der Waals surface area contributed by atoms with E-state index in [9.17, 15) is 9.59 Å². The Morgan fingerprint density at radius 1 is 0.976 bits per heavy atom. The summed E-state index contributed by atoms with van der Waals surface area (Å²) in [7, 11) is 1.72. The summed E-state index contributed by atoms with van der Waals surface area (Å²) in [6.07, 6.45) is 1.08. The van der Waals surface area contributed by atoms with Crippen LogP contribution < -0.4 is 21.1 Å². The fourth-order valence-corrected chi connectivity index (χ4v) is 7.02. The average molecular weight is 569 g/mol. The molecule has 0 saturated carbocycles. The molecule has 7 nitrogen and oxygen atoms in total. The van der Waals surface area contributed by atoms with E-state index < -0.39 is 5.91 Å². The first-order valence-corrected chi connectivity index (χ1v) is 15.2. The number of fused-ring (bicyclic) bond motifs is 3. The highest BCUT2D eigenvalue weighted by Gasteiger charge is 2.52. The zero-order chi connectivity index (χ0) is 29.6. The molecule has 3 aromatic rings. The SMILES string of the molecule is COc1ccc(C(C)C)cc1CNC1C2CCN(CC2C(=O)NCCC(N)=O)C1C(c1ccccc1)c1ccccc1. The lowest BCUT2D eigenvalue weighted by atomic mass is 9.66. The van der Waals surface area contributed by atoms with Crippen LogP contribution in [0, 0.1) is 11.8 Å². The van der Waals surface area contributed by atoms with Gasteiger partial charge in [-0.05, 0) is 47.6 Å². The van der Waals surface area contributed by atoms with E-state index in [-0.39, 0.29) is 48.7 Å². The lowest BCUT2D eigenvalue weighted by molar-refractivity contribution is -0.135. The number of rotatable bonds is 12. The van der Waals surface area contributed by atoms with Crippen molar-refractivity contribution in [2.24, 2.45) is 17.6 Å².